The Morgan fingerprint density at radius 1 is 0.833 bits per heavy atom. The molecule has 0 radical (unpaired) electrons. The van der Waals surface area contributed by atoms with Gasteiger partial charge in [0.2, 0.25) is 0 Å². The van der Waals surface area contributed by atoms with E-state index >= 15 is 0 Å². The molecule has 0 unspecified atom stereocenters. The van der Waals surface area contributed by atoms with Crippen LogP contribution in [0.15, 0.2) is 108 Å². The van der Waals surface area contributed by atoms with E-state index in [-0.39, 0.29) is 5.56 Å². The molecular formula is C34H31N7O. The molecule has 0 aliphatic carbocycles. The fourth-order valence-electron chi connectivity index (χ4n) is 5.66. The van der Waals surface area contributed by atoms with Crippen molar-refractivity contribution in [3.63, 3.8) is 0 Å². The first-order valence-electron chi connectivity index (χ1n) is 14.2. The largest absolute Gasteiger partial charge is 0.363 e. The number of anilines is 1. The van der Waals surface area contributed by atoms with Crippen molar-refractivity contribution in [3.05, 3.63) is 125 Å². The highest BCUT2D eigenvalue weighted by Gasteiger charge is 2.18. The minimum Gasteiger partial charge on any atom is -0.363 e. The average molecular weight is 554 g/mol. The molecule has 0 bridgehead atoms. The number of hydrogen-bond acceptors (Lipinski definition) is 5. The lowest BCUT2D eigenvalue weighted by atomic mass is 10.1. The first-order valence-corrected chi connectivity index (χ1v) is 14.2. The molecule has 0 atom stereocenters. The van der Waals surface area contributed by atoms with E-state index in [1.165, 1.54) is 11.1 Å². The lowest BCUT2D eigenvalue weighted by Crippen LogP contribution is -2.22. The van der Waals surface area contributed by atoms with Crippen LogP contribution in [0.2, 0.25) is 0 Å². The highest BCUT2D eigenvalue weighted by molar-refractivity contribution is 5.98. The minimum atomic E-state index is -0.230. The van der Waals surface area contributed by atoms with Crippen molar-refractivity contribution in [1.29, 1.82) is 0 Å². The minimum absolute atomic E-state index is 0.230. The van der Waals surface area contributed by atoms with E-state index in [0.29, 0.717) is 23.3 Å². The van der Waals surface area contributed by atoms with Crippen LogP contribution in [0.1, 0.15) is 17.5 Å². The number of nitrogens with two attached hydrogens (primary N) is 1. The Bertz CT molecular complexity index is 2020. The number of fused-ring (bicyclic) bond motifs is 3. The molecule has 0 aliphatic heterocycles. The van der Waals surface area contributed by atoms with Crippen LogP contribution in [0.3, 0.4) is 0 Å². The van der Waals surface area contributed by atoms with Crippen LogP contribution in [0.25, 0.3) is 44.2 Å². The highest BCUT2D eigenvalue weighted by Crippen LogP contribution is 2.33. The molecule has 7 aromatic rings. The topological polar surface area (TPSA) is 109 Å². The van der Waals surface area contributed by atoms with Crippen LogP contribution in [-0.4, -0.2) is 31.0 Å². The van der Waals surface area contributed by atoms with E-state index in [2.05, 4.69) is 91.1 Å². The summed E-state index contributed by atoms with van der Waals surface area (Å²) in [6, 6.07) is 31.3. The van der Waals surface area contributed by atoms with Crippen molar-refractivity contribution in [1.82, 2.24) is 24.5 Å². The second kappa shape index (κ2) is 11.0. The van der Waals surface area contributed by atoms with Gasteiger partial charge in [0, 0.05) is 48.0 Å². The van der Waals surface area contributed by atoms with Crippen LogP contribution in [0.4, 0.5) is 5.69 Å². The summed E-state index contributed by atoms with van der Waals surface area (Å²) in [6.45, 7) is 2.84. The number of hydrogen-bond donors (Lipinski definition) is 3. The summed E-state index contributed by atoms with van der Waals surface area (Å²) in [5, 5.41) is 0.982. The molecule has 0 amide bonds. The SMILES string of the molecule is NCCCn1cc(-c2nc3cc4[nH]cnc4cc3[nH]c2=O)c2cc(N(Cc3ccccc3)Cc3ccccc3)ccc21. The molecule has 4 aromatic carbocycles. The fourth-order valence-corrected chi connectivity index (χ4v) is 5.66. The van der Waals surface area contributed by atoms with Gasteiger partial charge >= 0.3 is 0 Å². The molecule has 4 N–H and O–H groups in total. The molecular weight excluding hydrogens is 522 g/mol. The zero-order valence-electron chi connectivity index (χ0n) is 23.1. The third-order valence-electron chi connectivity index (χ3n) is 7.75. The van der Waals surface area contributed by atoms with Gasteiger partial charge in [-0.3, -0.25) is 4.79 Å². The van der Waals surface area contributed by atoms with Crippen LogP contribution in [0, 0.1) is 0 Å². The lowest BCUT2D eigenvalue weighted by Gasteiger charge is -2.26. The predicted molar refractivity (Wildman–Crippen MR) is 169 cm³/mol. The molecule has 3 aromatic heterocycles. The highest BCUT2D eigenvalue weighted by atomic mass is 16.1. The Kier molecular flexibility index (Phi) is 6.73. The van der Waals surface area contributed by atoms with Gasteiger partial charge in [0.15, 0.2) is 0 Å². The van der Waals surface area contributed by atoms with Gasteiger partial charge in [-0.1, -0.05) is 60.7 Å². The van der Waals surface area contributed by atoms with Gasteiger partial charge in [-0.15, -0.1) is 0 Å². The van der Waals surface area contributed by atoms with Gasteiger partial charge in [-0.25, -0.2) is 9.97 Å². The number of aromatic nitrogens is 5. The van der Waals surface area contributed by atoms with Crippen LogP contribution in [-0.2, 0) is 19.6 Å². The zero-order chi connectivity index (χ0) is 28.5. The Hall–Kier alpha value is -5.21. The number of imidazole rings is 1. The van der Waals surface area contributed by atoms with Gasteiger partial charge in [0.25, 0.3) is 5.56 Å². The summed E-state index contributed by atoms with van der Waals surface area (Å²) in [5.74, 6) is 0. The van der Waals surface area contributed by atoms with Crippen molar-refractivity contribution in [2.45, 2.75) is 26.1 Å². The average Bonchev–Trinajstić information content (AvgIpc) is 3.63. The first-order chi connectivity index (χ1) is 20.7. The molecule has 0 spiro atoms. The van der Waals surface area contributed by atoms with Crippen molar-refractivity contribution in [3.8, 4) is 11.3 Å². The van der Waals surface area contributed by atoms with Gasteiger partial charge < -0.3 is 25.2 Å². The number of nitrogens with one attached hydrogen (secondary N) is 2. The number of rotatable bonds is 9. The molecule has 0 saturated carbocycles. The maximum Gasteiger partial charge on any atom is 0.275 e. The van der Waals surface area contributed by atoms with E-state index in [9.17, 15) is 4.79 Å². The zero-order valence-corrected chi connectivity index (χ0v) is 23.1. The maximum absolute atomic E-state index is 13.5. The van der Waals surface area contributed by atoms with Crippen molar-refractivity contribution >= 4 is 38.7 Å². The van der Waals surface area contributed by atoms with Crippen LogP contribution in [0.5, 0.6) is 0 Å². The molecule has 7 rings (SSSR count). The van der Waals surface area contributed by atoms with Gasteiger partial charge in [0.1, 0.15) is 5.69 Å². The summed E-state index contributed by atoms with van der Waals surface area (Å²) in [5.41, 5.74) is 14.4. The second-order valence-electron chi connectivity index (χ2n) is 10.6. The van der Waals surface area contributed by atoms with Crippen LogP contribution >= 0.6 is 0 Å². The molecule has 208 valence electrons. The Morgan fingerprint density at radius 2 is 1.55 bits per heavy atom. The van der Waals surface area contributed by atoms with Crippen LogP contribution < -0.4 is 16.2 Å². The third kappa shape index (κ3) is 4.93. The Balaban J connectivity index is 1.38. The van der Waals surface area contributed by atoms with E-state index in [1.54, 1.807) is 6.33 Å². The van der Waals surface area contributed by atoms with E-state index in [1.807, 2.05) is 30.5 Å². The predicted octanol–water partition coefficient (Wildman–Crippen LogP) is 5.98. The Labute approximate surface area is 242 Å². The molecule has 42 heavy (non-hydrogen) atoms. The Morgan fingerprint density at radius 3 is 2.26 bits per heavy atom. The quantitative estimate of drug-likeness (QED) is 0.204. The van der Waals surface area contributed by atoms with Gasteiger partial charge in [-0.2, -0.15) is 0 Å². The van der Waals surface area contributed by atoms with Gasteiger partial charge in [-0.05, 0) is 54.4 Å². The summed E-state index contributed by atoms with van der Waals surface area (Å²) in [4.78, 5) is 31.2. The third-order valence-corrected chi connectivity index (χ3v) is 7.75. The normalized spacial score (nSPS) is 11.5. The molecule has 3 heterocycles. The molecule has 0 fully saturated rings. The number of aromatic amines is 2. The number of H-pyrrole nitrogens is 2. The summed E-state index contributed by atoms with van der Waals surface area (Å²) < 4.78 is 2.18. The van der Waals surface area contributed by atoms with E-state index < -0.39 is 0 Å². The number of benzene rings is 4. The first kappa shape index (κ1) is 25.7. The maximum atomic E-state index is 13.5. The molecule has 0 aliphatic rings. The van der Waals surface area contributed by atoms with E-state index in [4.69, 9.17) is 10.7 Å². The number of aryl methyl sites for hydroxylation is 1. The van der Waals surface area contributed by atoms with Gasteiger partial charge in [0.05, 0.1) is 28.4 Å². The summed E-state index contributed by atoms with van der Waals surface area (Å²) in [7, 11) is 0. The smallest absolute Gasteiger partial charge is 0.275 e. The standard InChI is InChI=1S/C34H31N7O/c35-14-7-15-40-21-27(33-34(42)39-31-18-29-28(36-22-37-29)17-30(31)38-33)26-16-25(12-13-32(26)40)41(19-23-8-3-1-4-9-23)20-24-10-5-2-6-11-24/h1-6,8-13,16-18,21-22H,7,14-15,19-20,35H2,(H,36,37)(H,39,42). The fraction of sp³-hybridized carbons (Fsp3) is 0.147. The van der Waals surface area contributed by atoms with E-state index in [0.717, 1.165) is 59.2 Å². The van der Waals surface area contributed by atoms with Crippen molar-refractivity contribution in [2.75, 3.05) is 11.4 Å². The van der Waals surface area contributed by atoms with Crippen molar-refractivity contribution < 1.29 is 0 Å². The second-order valence-corrected chi connectivity index (χ2v) is 10.6. The molecule has 8 heteroatoms. The summed E-state index contributed by atoms with van der Waals surface area (Å²) >= 11 is 0. The monoisotopic (exact) mass is 553 g/mol. The summed E-state index contributed by atoms with van der Waals surface area (Å²) in [6.07, 6.45) is 4.52. The van der Waals surface area contributed by atoms with Crippen molar-refractivity contribution in [2.24, 2.45) is 5.73 Å². The number of nitrogens with zero attached hydrogens (tertiary/aromatic N) is 4. The lowest BCUT2D eigenvalue weighted by molar-refractivity contribution is 0.671. The molecule has 8 nitrogen and oxygen atoms in total. The molecule has 0 saturated heterocycles.